The molecule has 0 spiro atoms. The van der Waals surface area contributed by atoms with Gasteiger partial charge in [0.05, 0.1) is 19.9 Å². The van der Waals surface area contributed by atoms with Gasteiger partial charge in [-0.2, -0.15) is 0 Å². The number of hydrogen-bond donors (Lipinski definition) is 3. The average Bonchev–Trinajstić information content (AvgIpc) is 2.87. The molecule has 2 aromatic carbocycles. The van der Waals surface area contributed by atoms with E-state index in [9.17, 15) is 19.1 Å². The van der Waals surface area contributed by atoms with Crippen molar-refractivity contribution in [3.8, 4) is 17.2 Å². The van der Waals surface area contributed by atoms with Crippen molar-refractivity contribution in [2.24, 2.45) is 5.73 Å². The molecule has 3 rings (SSSR count). The van der Waals surface area contributed by atoms with E-state index in [0.717, 1.165) is 11.0 Å². The standard InChI is InChI=1S/C26H27FN4O6/c1-3-36-24(20-9-8-18(35-2)12-21(20)27)26(34)31(15-23(32)33)14-17-7-6-16(25(28)29)11-22(17)37-19-5-4-10-30-13-19/h4-13,24H,3,14-15H2,1-2H3,(H3,28,29)(H,32,33). The molecule has 11 heteroatoms. The van der Waals surface area contributed by atoms with Gasteiger partial charge in [0.25, 0.3) is 5.91 Å². The van der Waals surface area contributed by atoms with Gasteiger partial charge in [-0.15, -0.1) is 0 Å². The molecule has 0 saturated carbocycles. The second-order valence-electron chi connectivity index (χ2n) is 7.84. The summed E-state index contributed by atoms with van der Waals surface area (Å²) < 4.78 is 31.4. The Labute approximate surface area is 212 Å². The zero-order chi connectivity index (χ0) is 26.9. The van der Waals surface area contributed by atoms with E-state index >= 15 is 0 Å². The number of carbonyl (C=O) groups is 2. The number of hydrogen-bond acceptors (Lipinski definition) is 7. The van der Waals surface area contributed by atoms with Crippen LogP contribution in [-0.4, -0.2) is 53.0 Å². The van der Waals surface area contributed by atoms with Crippen LogP contribution in [0, 0.1) is 11.2 Å². The number of carbonyl (C=O) groups excluding carboxylic acids is 1. The SMILES string of the molecule is CCOC(C(=O)N(CC(=O)O)Cc1ccc(C(=N)N)cc1Oc1cccnc1)c1ccc(OC)cc1F. The van der Waals surface area contributed by atoms with Crippen LogP contribution in [0.25, 0.3) is 0 Å². The van der Waals surface area contributed by atoms with Crippen LogP contribution in [0.2, 0.25) is 0 Å². The molecule has 0 bridgehead atoms. The molecule has 1 atom stereocenters. The first-order valence-corrected chi connectivity index (χ1v) is 11.2. The van der Waals surface area contributed by atoms with E-state index in [-0.39, 0.29) is 36.0 Å². The minimum absolute atomic E-state index is 0.0539. The highest BCUT2D eigenvalue weighted by Gasteiger charge is 2.31. The number of pyridine rings is 1. The molecule has 3 aromatic rings. The number of methoxy groups -OCH3 is 1. The Hall–Kier alpha value is -4.51. The number of amides is 1. The summed E-state index contributed by atoms with van der Waals surface area (Å²) in [7, 11) is 1.39. The van der Waals surface area contributed by atoms with E-state index in [1.54, 1.807) is 37.4 Å². The van der Waals surface area contributed by atoms with Crippen molar-refractivity contribution in [1.82, 2.24) is 9.88 Å². The lowest BCUT2D eigenvalue weighted by Crippen LogP contribution is -2.39. The monoisotopic (exact) mass is 510 g/mol. The lowest BCUT2D eigenvalue weighted by molar-refractivity contribution is -0.151. The summed E-state index contributed by atoms with van der Waals surface area (Å²) >= 11 is 0. The molecule has 37 heavy (non-hydrogen) atoms. The van der Waals surface area contributed by atoms with Gasteiger partial charge < -0.3 is 30.0 Å². The minimum atomic E-state index is -1.39. The third kappa shape index (κ3) is 7.01. The normalized spacial score (nSPS) is 11.4. The molecule has 4 N–H and O–H groups in total. The van der Waals surface area contributed by atoms with Crippen molar-refractivity contribution in [2.45, 2.75) is 19.6 Å². The van der Waals surface area contributed by atoms with Gasteiger partial charge in [0, 0.05) is 35.6 Å². The first-order chi connectivity index (χ1) is 17.7. The zero-order valence-corrected chi connectivity index (χ0v) is 20.3. The van der Waals surface area contributed by atoms with Crippen molar-refractivity contribution in [2.75, 3.05) is 20.3 Å². The molecule has 0 aliphatic rings. The molecule has 10 nitrogen and oxygen atoms in total. The molecule has 1 unspecified atom stereocenters. The molecule has 0 fully saturated rings. The number of nitrogen functional groups attached to an aromatic ring is 1. The summed E-state index contributed by atoms with van der Waals surface area (Å²) in [6.45, 7) is 0.830. The van der Waals surface area contributed by atoms with Gasteiger partial charge in [0.1, 0.15) is 35.4 Å². The van der Waals surface area contributed by atoms with Gasteiger partial charge in [-0.25, -0.2) is 4.39 Å². The number of nitrogens with one attached hydrogen (secondary N) is 1. The van der Waals surface area contributed by atoms with Crippen LogP contribution in [0.1, 0.15) is 29.7 Å². The fourth-order valence-electron chi connectivity index (χ4n) is 3.54. The number of ether oxygens (including phenoxy) is 3. The number of benzene rings is 2. The van der Waals surface area contributed by atoms with E-state index in [1.165, 1.54) is 31.5 Å². The first-order valence-electron chi connectivity index (χ1n) is 11.2. The second kappa shape index (κ2) is 12.5. The summed E-state index contributed by atoms with van der Waals surface area (Å²) in [6, 6.07) is 11.9. The molecule has 0 aliphatic carbocycles. The molecular weight excluding hydrogens is 483 g/mol. The highest BCUT2D eigenvalue weighted by Crippen LogP contribution is 2.30. The second-order valence-corrected chi connectivity index (χ2v) is 7.84. The lowest BCUT2D eigenvalue weighted by Gasteiger charge is -2.27. The quantitative estimate of drug-likeness (QED) is 0.248. The molecule has 0 radical (unpaired) electrons. The smallest absolute Gasteiger partial charge is 0.323 e. The van der Waals surface area contributed by atoms with Crippen LogP contribution in [0.4, 0.5) is 4.39 Å². The van der Waals surface area contributed by atoms with Gasteiger partial charge in [0.15, 0.2) is 6.10 Å². The van der Waals surface area contributed by atoms with Crippen LogP contribution in [-0.2, 0) is 20.9 Å². The molecule has 1 heterocycles. The van der Waals surface area contributed by atoms with Gasteiger partial charge in [0.2, 0.25) is 0 Å². The number of amidine groups is 1. The zero-order valence-electron chi connectivity index (χ0n) is 20.3. The highest BCUT2D eigenvalue weighted by molar-refractivity contribution is 5.95. The average molecular weight is 511 g/mol. The van der Waals surface area contributed by atoms with Crippen molar-refractivity contribution in [1.29, 1.82) is 5.41 Å². The number of halogens is 1. The third-order valence-corrected chi connectivity index (χ3v) is 5.29. The first kappa shape index (κ1) is 27.1. The summed E-state index contributed by atoms with van der Waals surface area (Å²) in [4.78, 5) is 30.3. The summed E-state index contributed by atoms with van der Waals surface area (Å²) in [5.41, 5.74) is 6.36. The van der Waals surface area contributed by atoms with Crippen LogP contribution in [0.15, 0.2) is 60.9 Å². The van der Waals surface area contributed by atoms with Crippen molar-refractivity contribution >= 4 is 17.7 Å². The topological polar surface area (TPSA) is 148 Å². The maximum atomic E-state index is 14.8. The van der Waals surface area contributed by atoms with Crippen LogP contribution < -0.4 is 15.2 Å². The fraction of sp³-hybridized carbons (Fsp3) is 0.231. The number of carboxylic acids is 1. The highest BCUT2D eigenvalue weighted by atomic mass is 19.1. The van der Waals surface area contributed by atoms with E-state index < -0.39 is 30.3 Å². The number of aliphatic carboxylic acids is 1. The van der Waals surface area contributed by atoms with Gasteiger partial charge in [-0.1, -0.05) is 12.1 Å². The van der Waals surface area contributed by atoms with Crippen molar-refractivity contribution in [3.05, 3.63) is 83.4 Å². The van der Waals surface area contributed by atoms with Gasteiger partial charge in [-0.05, 0) is 37.3 Å². The predicted octanol–water partition coefficient (Wildman–Crippen LogP) is 3.50. The van der Waals surface area contributed by atoms with Gasteiger partial charge >= 0.3 is 5.97 Å². The van der Waals surface area contributed by atoms with E-state index in [1.807, 2.05) is 0 Å². The van der Waals surface area contributed by atoms with E-state index in [4.69, 9.17) is 25.4 Å². The van der Waals surface area contributed by atoms with Crippen LogP contribution >= 0.6 is 0 Å². The van der Waals surface area contributed by atoms with Crippen molar-refractivity contribution in [3.63, 3.8) is 0 Å². The minimum Gasteiger partial charge on any atom is -0.497 e. The molecule has 194 valence electrons. The molecule has 0 aliphatic heterocycles. The Bertz CT molecular complexity index is 1270. The van der Waals surface area contributed by atoms with Crippen LogP contribution in [0.3, 0.4) is 0 Å². The Morgan fingerprint density at radius 2 is 1.97 bits per heavy atom. The molecular formula is C26H27FN4O6. The summed E-state index contributed by atoms with van der Waals surface area (Å²) in [5, 5.41) is 17.3. The van der Waals surface area contributed by atoms with E-state index in [0.29, 0.717) is 16.9 Å². The number of carboxylic acid groups (broad SMARTS) is 1. The van der Waals surface area contributed by atoms with Crippen molar-refractivity contribution < 1.29 is 33.3 Å². The molecule has 1 aromatic heterocycles. The summed E-state index contributed by atoms with van der Waals surface area (Å²) in [6.07, 6.45) is 1.65. The fourth-order valence-corrected chi connectivity index (χ4v) is 3.54. The van der Waals surface area contributed by atoms with Gasteiger partial charge in [-0.3, -0.25) is 20.0 Å². The molecule has 0 saturated heterocycles. The predicted molar refractivity (Wildman–Crippen MR) is 132 cm³/mol. The Kier molecular flexibility index (Phi) is 9.11. The molecule has 1 amide bonds. The van der Waals surface area contributed by atoms with E-state index in [2.05, 4.69) is 4.98 Å². The number of nitrogens with two attached hydrogens (primary N) is 1. The maximum absolute atomic E-state index is 14.8. The third-order valence-electron chi connectivity index (χ3n) is 5.29. The number of aromatic nitrogens is 1. The number of rotatable bonds is 12. The summed E-state index contributed by atoms with van der Waals surface area (Å²) in [5.74, 6) is -2.07. The van der Waals surface area contributed by atoms with Crippen LogP contribution in [0.5, 0.6) is 17.2 Å². The largest absolute Gasteiger partial charge is 0.497 e. The Balaban J connectivity index is 2.00. The Morgan fingerprint density at radius 1 is 1.19 bits per heavy atom. The lowest BCUT2D eigenvalue weighted by atomic mass is 10.1. The Morgan fingerprint density at radius 3 is 2.57 bits per heavy atom. The number of nitrogens with zero attached hydrogens (tertiary/aromatic N) is 2. The maximum Gasteiger partial charge on any atom is 0.323 e.